The molecule has 0 aromatic carbocycles. The third kappa shape index (κ3) is 2.94. The van der Waals surface area contributed by atoms with Gasteiger partial charge in [0.1, 0.15) is 5.69 Å². The molecule has 0 aliphatic heterocycles. The molecular weight excluding hydrogens is 312 g/mol. The van der Waals surface area contributed by atoms with E-state index in [4.69, 9.17) is 0 Å². The molecule has 100 valence electrons. The van der Waals surface area contributed by atoms with Crippen LogP contribution in [0, 0.1) is 0 Å². The molecule has 0 radical (unpaired) electrons. The van der Waals surface area contributed by atoms with Crippen molar-refractivity contribution in [3.8, 4) is 0 Å². The second kappa shape index (κ2) is 5.70. The van der Waals surface area contributed by atoms with Gasteiger partial charge in [-0.05, 0) is 41.1 Å². The molecule has 1 saturated carbocycles. The molecule has 3 nitrogen and oxygen atoms in total. The fourth-order valence-corrected chi connectivity index (χ4v) is 3.99. The zero-order valence-electron chi connectivity index (χ0n) is 10.8. The van der Waals surface area contributed by atoms with Crippen LogP contribution in [0.4, 0.5) is 0 Å². The molecule has 1 heterocycles. The lowest BCUT2D eigenvalue weighted by molar-refractivity contribution is 0.0941. The normalized spacial score (nSPS) is 17.9. The van der Waals surface area contributed by atoms with Crippen LogP contribution in [0.5, 0.6) is 0 Å². The van der Waals surface area contributed by atoms with Crippen LogP contribution >= 0.6 is 27.7 Å². The molecule has 1 N–H and O–H groups in total. The average Bonchev–Trinajstić information content (AvgIpc) is 2.94. The first kappa shape index (κ1) is 14.0. The summed E-state index contributed by atoms with van der Waals surface area (Å²) < 4.78 is 3.05. The summed E-state index contributed by atoms with van der Waals surface area (Å²) in [5.41, 5.74) is 0.705. The SMILES string of the molecule is CSC1(CNC(=O)c2cc(Br)cn2C)CCCC1. The first-order chi connectivity index (χ1) is 8.56. The molecule has 1 fully saturated rings. The molecule has 0 atom stereocenters. The van der Waals surface area contributed by atoms with Gasteiger partial charge in [0.05, 0.1) is 0 Å². The smallest absolute Gasteiger partial charge is 0.267 e. The van der Waals surface area contributed by atoms with E-state index in [1.807, 2.05) is 35.6 Å². The van der Waals surface area contributed by atoms with Crippen molar-refractivity contribution in [2.45, 2.75) is 30.4 Å². The monoisotopic (exact) mass is 330 g/mol. The van der Waals surface area contributed by atoms with E-state index in [0.717, 1.165) is 11.0 Å². The van der Waals surface area contributed by atoms with Crippen molar-refractivity contribution in [2.24, 2.45) is 7.05 Å². The lowest BCUT2D eigenvalue weighted by atomic mass is 10.1. The predicted octanol–water partition coefficient (Wildman–Crippen LogP) is 3.19. The summed E-state index contributed by atoms with van der Waals surface area (Å²) in [6, 6.07) is 1.86. The molecule has 2 rings (SSSR count). The minimum absolute atomic E-state index is 0.0172. The quantitative estimate of drug-likeness (QED) is 0.919. The molecule has 0 unspecified atom stereocenters. The summed E-state index contributed by atoms with van der Waals surface area (Å²) >= 11 is 5.28. The van der Waals surface area contributed by atoms with Gasteiger partial charge in [-0.1, -0.05) is 12.8 Å². The van der Waals surface area contributed by atoms with Crippen molar-refractivity contribution in [2.75, 3.05) is 12.8 Å². The summed E-state index contributed by atoms with van der Waals surface area (Å²) in [4.78, 5) is 12.1. The van der Waals surface area contributed by atoms with Crippen molar-refractivity contribution in [1.29, 1.82) is 0 Å². The molecule has 0 bridgehead atoms. The Balaban J connectivity index is 1.98. The minimum atomic E-state index is 0.0172. The van der Waals surface area contributed by atoms with E-state index < -0.39 is 0 Å². The molecular formula is C13H19BrN2OS. The number of carbonyl (C=O) groups excluding carboxylic acids is 1. The number of carbonyl (C=O) groups is 1. The number of aryl methyl sites for hydroxylation is 1. The van der Waals surface area contributed by atoms with Crippen LogP contribution in [-0.2, 0) is 7.05 Å². The number of aromatic nitrogens is 1. The summed E-state index contributed by atoms with van der Waals surface area (Å²) in [6.07, 6.45) is 9.04. The number of hydrogen-bond acceptors (Lipinski definition) is 2. The average molecular weight is 331 g/mol. The number of nitrogens with zero attached hydrogens (tertiary/aromatic N) is 1. The van der Waals surface area contributed by atoms with Gasteiger partial charge in [0.25, 0.3) is 5.91 Å². The number of amides is 1. The lowest BCUT2D eigenvalue weighted by Crippen LogP contribution is -2.38. The van der Waals surface area contributed by atoms with Crippen LogP contribution in [0.3, 0.4) is 0 Å². The standard InChI is InChI=1S/C13H19BrN2OS/c1-16-8-10(14)7-11(16)12(17)15-9-13(18-2)5-3-4-6-13/h7-8H,3-6,9H2,1-2H3,(H,15,17). The van der Waals surface area contributed by atoms with E-state index in [-0.39, 0.29) is 10.7 Å². The van der Waals surface area contributed by atoms with E-state index in [2.05, 4.69) is 27.5 Å². The summed E-state index contributed by atoms with van der Waals surface area (Å²) in [5.74, 6) is 0.0172. The minimum Gasteiger partial charge on any atom is -0.349 e. The fourth-order valence-electron chi connectivity index (χ4n) is 2.55. The van der Waals surface area contributed by atoms with Crippen LogP contribution in [0.25, 0.3) is 0 Å². The van der Waals surface area contributed by atoms with Gasteiger partial charge in [-0.2, -0.15) is 11.8 Å². The molecule has 0 spiro atoms. The zero-order valence-corrected chi connectivity index (χ0v) is 13.2. The summed E-state index contributed by atoms with van der Waals surface area (Å²) in [5, 5.41) is 3.09. The molecule has 0 saturated heterocycles. The number of thioether (sulfide) groups is 1. The number of nitrogens with one attached hydrogen (secondary N) is 1. The largest absolute Gasteiger partial charge is 0.349 e. The Kier molecular flexibility index (Phi) is 4.43. The van der Waals surface area contributed by atoms with Crippen molar-refractivity contribution >= 4 is 33.6 Å². The Hall–Kier alpha value is -0.420. The van der Waals surface area contributed by atoms with Gasteiger partial charge in [0.2, 0.25) is 0 Å². The maximum atomic E-state index is 12.1. The molecule has 1 aliphatic carbocycles. The van der Waals surface area contributed by atoms with E-state index in [9.17, 15) is 4.79 Å². The van der Waals surface area contributed by atoms with Crippen LogP contribution in [-0.4, -0.2) is 28.0 Å². The molecule has 1 amide bonds. The van der Waals surface area contributed by atoms with Crippen molar-refractivity contribution < 1.29 is 4.79 Å². The topological polar surface area (TPSA) is 34.0 Å². The Bertz CT molecular complexity index is 438. The van der Waals surface area contributed by atoms with Crippen LogP contribution in [0.2, 0.25) is 0 Å². The van der Waals surface area contributed by atoms with Gasteiger partial charge in [-0.15, -0.1) is 0 Å². The van der Waals surface area contributed by atoms with Crippen LogP contribution < -0.4 is 5.32 Å². The molecule has 1 aliphatic rings. The summed E-state index contributed by atoms with van der Waals surface area (Å²) in [6.45, 7) is 0.774. The fraction of sp³-hybridized carbons (Fsp3) is 0.615. The van der Waals surface area contributed by atoms with E-state index >= 15 is 0 Å². The first-order valence-electron chi connectivity index (χ1n) is 6.21. The summed E-state index contributed by atoms with van der Waals surface area (Å²) in [7, 11) is 1.89. The van der Waals surface area contributed by atoms with Gasteiger partial charge in [-0.3, -0.25) is 4.79 Å². The Morgan fingerprint density at radius 1 is 1.56 bits per heavy atom. The van der Waals surface area contributed by atoms with Gasteiger partial charge >= 0.3 is 0 Å². The van der Waals surface area contributed by atoms with E-state index in [0.29, 0.717) is 5.69 Å². The van der Waals surface area contributed by atoms with Crippen LogP contribution in [0.15, 0.2) is 16.7 Å². The third-order valence-corrected chi connectivity index (χ3v) is 5.58. The van der Waals surface area contributed by atoms with E-state index in [1.54, 1.807) is 0 Å². The Labute approximate surface area is 121 Å². The van der Waals surface area contributed by atoms with Gasteiger partial charge < -0.3 is 9.88 Å². The zero-order chi connectivity index (χ0) is 13.2. The van der Waals surface area contributed by atoms with E-state index in [1.165, 1.54) is 25.7 Å². The van der Waals surface area contributed by atoms with Crippen molar-refractivity contribution in [3.05, 3.63) is 22.4 Å². The van der Waals surface area contributed by atoms with Gasteiger partial charge in [0.15, 0.2) is 0 Å². The molecule has 5 heteroatoms. The molecule has 1 aromatic rings. The molecule has 18 heavy (non-hydrogen) atoms. The van der Waals surface area contributed by atoms with Crippen LogP contribution in [0.1, 0.15) is 36.2 Å². The maximum absolute atomic E-state index is 12.1. The highest BCUT2D eigenvalue weighted by atomic mass is 79.9. The lowest BCUT2D eigenvalue weighted by Gasteiger charge is -2.26. The number of hydrogen-bond donors (Lipinski definition) is 1. The van der Waals surface area contributed by atoms with Gasteiger partial charge in [-0.25, -0.2) is 0 Å². The maximum Gasteiger partial charge on any atom is 0.267 e. The highest BCUT2D eigenvalue weighted by Gasteiger charge is 2.33. The number of halogens is 1. The predicted molar refractivity (Wildman–Crippen MR) is 80.2 cm³/mol. The molecule has 1 aromatic heterocycles. The second-order valence-electron chi connectivity index (χ2n) is 4.93. The van der Waals surface area contributed by atoms with Crippen molar-refractivity contribution in [1.82, 2.24) is 9.88 Å². The Morgan fingerprint density at radius 3 is 2.72 bits per heavy atom. The highest BCUT2D eigenvalue weighted by molar-refractivity contribution is 9.10. The number of rotatable bonds is 4. The van der Waals surface area contributed by atoms with Crippen molar-refractivity contribution in [3.63, 3.8) is 0 Å². The second-order valence-corrected chi connectivity index (χ2v) is 7.12. The third-order valence-electron chi connectivity index (χ3n) is 3.72. The Morgan fingerprint density at radius 2 is 2.22 bits per heavy atom. The highest BCUT2D eigenvalue weighted by Crippen LogP contribution is 2.39. The van der Waals surface area contributed by atoms with Gasteiger partial charge in [0, 0.05) is 29.0 Å². The first-order valence-corrected chi connectivity index (χ1v) is 8.23.